The Kier molecular flexibility index (Phi) is 12.1. The van der Waals surface area contributed by atoms with Gasteiger partial charge in [0, 0.05) is 22.6 Å². The molecule has 3 aromatic carbocycles. The molecule has 0 aliphatic carbocycles. The molecule has 0 heterocycles. The van der Waals surface area contributed by atoms with Crippen molar-refractivity contribution in [1.29, 1.82) is 0 Å². The Labute approximate surface area is 255 Å². The Morgan fingerprint density at radius 2 is 1.61 bits per heavy atom. The Morgan fingerprint density at radius 1 is 0.976 bits per heavy atom. The lowest BCUT2D eigenvalue weighted by Gasteiger charge is -2.32. The van der Waals surface area contributed by atoms with E-state index in [1.54, 1.807) is 67.6 Å². The molecule has 0 saturated heterocycles. The Morgan fingerprint density at radius 3 is 2.20 bits per heavy atom. The topological polar surface area (TPSA) is 96.0 Å². The minimum atomic E-state index is -4.16. The first kappa shape index (κ1) is 32.4. The van der Waals surface area contributed by atoms with Crippen LogP contribution in [0, 0.1) is 0 Å². The van der Waals surface area contributed by atoms with Gasteiger partial charge in [-0.15, -0.1) is 0 Å². The second-order valence-electron chi connectivity index (χ2n) is 9.36. The van der Waals surface area contributed by atoms with Crippen LogP contribution < -0.4 is 14.4 Å². The van der Waals surface area contributed by atoms with Gasteiger partial charge >= 0.3 is 0 Å². The maximum atomic E-state index is 14.0. The summed E-state index contributed by atoms with van der Waals surface area (Å²) in [7, 11) is -4.16. The summed E-state index contributed by atoms with van der Waals surface area (Å²) in [6.45, 7) is 6.02. The number of rotatable bonds is 14. The zero-order chi connectivity index (χ0) is 30.0. The van der Waals surface area contributed by atoms with Crippen molar-refractivity contribution >= 4 is 55.1 Å². The molecule has 0 aromatic heterocycles. The van der Waals surface area contributed by atoms with Crippen LogP contribution in [-0.4, -0.2) is 50.9 Å². The number of sulfonamides is 1. The summed E-state index contributed by atoms with van der Waals surface area (Å²) in [5, 5.41) is 3.41. The number of nitrogens with one attached hydrogen (secondary N) is 1. The number of ether oxygens (including phenoxy) is 1. The second kappa shape index (κ2) is 15.2. The fraction of sp³-hybridized carbons (Fsp3) is 0.333. The number of hydrogen-bond acceptors (Lipinski definition) is 5. The predicted molar refractivity (Wildman–Crippen MR) is 166 cm³/mol. The molecule has 8 nitrogen and oxygen atoms in total. The fourth-order valence-corrected chi connectivity index (χ4v) is 5.85. The van der Waals surface area contributed by atoms with Gasteiger partial charge < -0.3 is 15.0 Å². The van der Waals surface area contributed by atoms with E-state index in [2.05, 4.69) is 21.2 Å². The maximum Gasteiger partial charge on any atom is 0.264 e. The molecule has 3 rings (SSSR count). The van der Waals surface area contributed by atoms with E-state index in [0.717, 1.165) is 27.2 Å². The van der Waals surface area contributed by atoms with E-state index in [9.17, 15) is 18.0 Å². The van der Waals surface area contributed by atoms with Crippen molar-refractivity contribution in [2.24, 2.45) is 0 Å². The van der Waals surface area contributed by atoms with Crippen molar-refractivity contribution in [3.63, 3.8) is 0 Å². The number of halogens is 2. The molecule has 41 heavy (non-hydrogen) atoms. The van der Waals surface area contributed by atoms with E-state index in [1.807, 2.05) is 13.8 Å². The van der Waals surface area contributed by atoms with Crippen LogP contribution in [0.25, 0.3) is 0 Å². The Balaban J connectivity index is 2.00. The molecule has 0 radical (unpaired) electrons. The maximum absolute atomic E-state index is 14.0. The summed E-state index contributed by atoms with van der Waals surface area (Å²) in [6.07, 6.45) is 1.72. The number of benzene rings is 3. The average Bonchev–Trinajstić information content (AvgIpc) is 2.96. The number of anilines is 1. The molecule has 220 valence electrons. The zero-order valence-electron chi connectivity index (χ0n) is 23.3. The first-order valence-corrected chi connectivity index (χ1v) is 16.0. The number of carbonyl (C=O) groups excluding carboxylic acids is 2. The summed E-state index contributed by atoms with van der Waals surface area (Å²) in [5.74, 6) is -0.276. The molecule has 0 aliphatic heterocycles. The van der Waals surface area contributed by atoms with E-state index in [1.165, 1.54) is 17.0 Å². The van der Waals surface area contributed by atoms with Crippen LogP contribution in [0.4, 0.5) is 5.69 Å². The quantitative estimate of drug-likeness (QED) is 0.213. The minimum Gasteiger partial charge on any atom is -0.494 e. The normalized spacial score (nSPS) is 11.9. The lowest BCUT2D eigenvalue weighted by molar-refractivity contribution is -0.139. The summed E-state index contributed by atoms with van der Waals surface area (Å²) >= 11 is 9.39. The molecular formula is C30H35BrClN3O5S. The van der Waals surface area contributed by atoms with E-state index >= 15 is 0 Å². The van der Waals surface area contributed by atoms with Crippen LogP contribution in [0.15, 0.2) is 82.2 Å². The van der Waals surface area contributed by atoms with Crippen molar-refractivity contribution < 1.29 is 22.7 Å². The van der Waals surface area contributed by atoms with Crippen molar-refractivity contribution in [3.05, 3.63) is 87.9 Å². The minimum absolute atomic E-state index is 0.0250. The highest BCUT2D eigenvalue weighted by Gasteiger charge is 2.32. The van der Waals surface area contributed by atoms with Crippen LogP contribution in [0.5, 0.6) is 5.75 Å². The van der Waals surface area contributed by atoms with Crippen molar-refractivity contribution in [3.8, 4) is 5.75 Å². The van der Waals surface area contributed by atoms with E-state index in [0.29, 0.717) is 23.9 Å². The van der Waals surface area contributed by atoms with Crippen LogP contribution >= 0.6 is 27.5 Å². The van der Waals surface area contributed by atoms with Gasteiger partial charge in [0.25, 0.3) is 10.0 Å². The van der Waals surface area contributed by atoms with Crippen LogP contribution in [0.3, 0.4) is 0 Å². The van der Waals surface area contributed by atoms with Crippen molar-refractivity contribution in [2.75, 3.05) is 24.0 Å². The second-order valence-corrected chi connectivity index (χ2v) is 12.6. The molecule has 1 unspecified atom stereocenters. The van der Waals surface area contributed by atoms with Crippen LogP contribution in [-0.2, 0) is 26.2 Å². The first-order chi connectivity index (χ1) is 19.6. The lowest BCUT2D eigenvalue weighted by Crippen LogP contribution is -2.51. The number of nitrogens with zero attached hydrogens (tertiary/aromatic N) is 2. The van der Waals surface area contributed by atoms with Gasteiger partial charge in [0.2, 0.25) is 11.8 Å². The molecule has 0 bridgehead atoms. The largest absolute Gasteiger partial charge is 0.494 e. The molecule has 0 spiro atoms. The monoisotopic (exact) mass is 663 g/mol. The molecule has 3 aromatic rings. The third-order valence-corrected chi connectivity index (χ3v) is 8.95. The van der Waals surface area contributed by atoms with Gasteiger partial charge in [-0.05, 0) is 86.5 Å². The SMILES string of the molecule is CCCCNC(=O)C(C)N(Cc1ccc(Cl)cc1)C(=O)CN(c1ccc(OCC)cc1)S(=O)(=O)c1ccc(Br)cc1. The number of carbonyl (C=O) groups is 2. The number of amides is 2. The van der Waals surface area contributed by atoms with Gasteiger partial charge in [0.05, 0.1) is 17.2 Å². The van der Waals surface area contributed by atoms with Gasteiger partial charge in [-0.25, -0.2) is 8.42 Å². The molecule has 11 heteroatoms. The van der Waals surface area contributed by atoms with Gasteiger partial charge in [-0.2, -0.15) is 0 Å². The smallest absolute Gasteiger partial charge is 0.264 e. The third kappa shape index (κ3) is 8.95. The first-order valence-electron chi connectivity index (χ1n) is 13.4. The standard InChI is InChI=1S/C30H35BrClN3O5S/c1-4-6-19-33-30(37)22(3)34(20-23-7-11-25(32)12-8-23)29(36)21-35(26-13-15-27(16-14-26)40-5-2)41(38,39)28-17-9-24(31)10-18-28/h7-18,22H,4-6,19-21H2,1-3H3,(H,33,37). The fourth-order valence-electron chi connectivity index (χ4n) is 4.04. The summed E-state index contributed by atoms with van der Waals surface area (Å²) in [6, 6.07) is 18.8. The van der Waals surface area contributed by atoms with E-state index in [4.69, 9.17) is 16.3 Å². The molecular weight excluding hydrogens is 630 g/mol. The van der Waals surface area contributed by atoms with Crippen molar-refractivity contribution in [2.45, 2.75) is 51.1 Å². The lowest BCUT2D eigenvalue weighted by atomic mass is 10.1. The van der Waals surface area contributed by atoms with Gasteiger partial charge in [0.1, 0.15) is 18.3 Å². The number of hydrogen-bond donors (Lipinski definition) is 1. The Hall–Kier alpha value is -3.08. The van der Waals surface area contributed by atoms with E-state index < -0.39 is 28.5 Å². The highest BCUT2D eigenvalue weighted by Crippen LogP contribution is 2.27. The molecule has 0 fully saturated rings. The average molecular weight is 665 g/mol. The highest BCUT2D eigenvalue weighted by molar-refractivity contribution is 9.10. The molecule has 1 N–H and O–H groups in total. The van der Waals surface area contributed by atoms with Gasteiger partial charge in [-0.3, -0.25) is 13.9 Å². The molecule has 2 amide bonds. The molecule has 0 saturated carbocycles. The van der Waals surface area contributed by atoms with E-state index in [-0.39, 0.29) is 23.0 Å². The molecule has 0 aliphatic rings. The Bertz CT molecular complexity index is 1400. The van der Waals surface area contributed by atoms with Crippen LogP contribution in [0.1, 0.15) is 39.2 Å². The van der Waals surface area contributed by atoms with Crippen molar-refractivity contribution in [1.82, 2.24) is 10.2 Å². The summed E-state index contributed by atoms with van der Waals surface area (Å²) in [5.41, 5.74) is 1.04. The van der Waals surface area contributed by atoms with Crippen LogP contribution in [0.2, 0.25) is 5.02 Å². The molecule has 1 atom stereocenters. The highest BCUT2D eigenvalue weighted by atomic mass is 79.9. The summed E-state index contributed by atoms with van der Waals surface area (Å²) in [4.78, 5) is 28.4. The van der Waals surface area contributed by atoms with Gasteiger partial charge in [-0.1, -0.05) is 53.0 Å². The third-order valence-electron chi connectivity index (χ3n) is 6.38. The summed E-state index contributed by atoms with van der Waals surface area (Å²) < 4.78 is 35.1. The number of unbranched alkanes of at least 4 members (excludes halogenated alkanes) is 1. The zero-order valence-corrected chi connectivity index (χ0v) is 26.5. The van der Waals surface area contributed by atoms with Gasteiger partial charge in [0.15, 0.2) is 0 Å². The predicted octanol–water partition coefficient (Wildman–Crippen LogP) is 6.03.